The third kappa shape index (κ3) is 3.63. The first-order chi connectivity index (χ1) is 12.3. The number of hydrogen-bond donors (Lipinski definition) is 1. The van der Waals surface area contributed by atoms with Crippen molar-refractivity contribution in [3.63, 3.8) is 0 Å². The largest absolute Gasteiger partial charge is 0.493 e. The second-order valence-corrected chi connectivity index (χ2v) is 9.22. The lowest BCUT2D eigenvalue weighted by atomic mass is 10.1. The van der Waals surface area contributed by atoms with Gasteiger partial charge in [0.05, 0.1) is 25.7 Å². The van der Waals surface area contributed by atoms with E-state index in [1.165, 1.54) is 14.2 Å². The van der Waals surface area contributed by atoms with Crippen molar-refractivity contribution in [2.24, 2.45) is 0 Å². The molecule has 2 aromatic rings. The van der Waals surface area contributed by atoms with Crippen molar-refractivity contribution in [2.45, 2.75) is 16.8 Å². The van der Waals surface area contributed by atoms with Crippen LogP contribution >= 0.6 is 11.8 Å². The van der Waals surface area contributed by atoms with E-state index in [9.17, 15) is 13.2 Å². The summed E-state index contributed by atoms with van der Waals surface area (Å²) in [6, 6.07) is 4.92. The first-order valence-corrected chi connectivity index (χ1v) is 10.4. The predicted molar refractivity (Wildman–Crippen MR) is 97.9 cm³/mol. The summed E-state index contributed by atoms with van der Waals surface area (Å²) in [6.07, 6.45) is 0.500. The van der Waals surface area contributed by atoms with Crippen molar-refractivity contribution in [3.8, 4) is 22.8 Å². The molecule has 140 valence electrons. The fourth-order valence-electron chi connectivity index (χ4n) is 2.63. The normalized spacial score (nSPS) is 18.6. The second kappa shape index (κ2) is 7.16. The first kappa shape index (κ1) is 18.5. The number of benzene rings is 1. The highest BCUT2D eigenvalue weighted by atomic mass is 32.2. The number of nitrogen functional groups attached to an aromatic ring is 1. The Kier molecular flexibility index (Phi) is 5.10. The summed E-state index contributed by atoms with van der Waals surface area (Å²) in [5.74, 6) is 7.02. The van der Waals surface area contributed by atoms with Crippen molar-refractivity contribution in [2.75, 3.05) is 31.6 Å². The van der Waals surface area contributed by atoms with Gasteiger partial charge >= 0.3 is 0 Å². The van der Waals surface area contributed by atoms with Crippen molar-refractivity contribution >= 4 is 21.6 Å². The quantitative estimate of drug-likeness (QED) is 0.708. The molecule has 1 saturated heterocycles. The molecular weight excluding hydrogens is 380 g/mol. The highest BCUT2D eigenvalue weighted by molar-refractivity contribution is 8.01. The summed E-state index contributed by atoms with van der Waals surface area (Å²) in [5.41, 5.74) is 0.0202. The lowest BCUT2D eigenvalue weighted by Gasteiger charge is -2.12. The van der Waals surface area contributed by atoms with Gasteiger partial charge in [0.25, 0.3) is 5.56 Å². The average Bonchev–Trinajstić information content (AvgIpc) is 2.97. The predicted octanol–water partition coefficient (Wildman–Crippen LogP) is 0.316. The molecule has 0 radical (unpaired) electrons. The molecule has 0 aliphatic carbocycles. The van der Waals surface area contributed by atoms with E-state index in [-0.39, 0.29) is 27.6 Å². The smallest absolute Gasteiger partial charge is 0.299 e. The van der Waals surface area contributed by atoms with Crippen LogP contribution in [0.2, 0.25) is 0 Å². The molecule has 3 rings (SSSR count). The molecule has 2 heterocycles. The van der Waals surface area contributed by atoms with Crippen LogP contribution in [-0.2, 0) is 9.84 Å². The summed E-state index contributed by atoms with van der Waals surface area (Å²) in [7, 11) is -0.0237. The van der Waals surface area contributed by atoms with Crippen LogP contribution < -0.4 is 20.9 Å². The Morgan fingerprint density at radius 3 is 2.58 bits per heavy atom. The van der Waals surface area contributed by atoms with Crippen molar-refractivity contribution in [1.82, 2.24) is 14.9 Å². The third-order valence-corrected chi connectivity index (χ3v) is 7.19. The van der Waals surface area contributed by atoms with Crippen LogP contribution in [0, 0.1) is 0 Å². The van der Waals surface area contributed by atoms with Crippen LogP contribution in [-0.4, -0.2) is 54.3 Å². The van der Waals surface area contributed by atoms with Crippen LogP contribution in [0.4, 0.5) is 0 Å². The van der Waals surface area contributed by atoms with E-state index in [2.05, 4.69) is 10.2 Å². The maximum Gasteiger partial charge on any atom is 0.299 e. The van der Waals surface area contributed by atoms with Crippen LogP contribution in [0.15, 0.2) is 28.2 Å². The van der Waals surface area contributed by atoms with Gasteiger partial charge in [0.1, 0.15) is 0 Å². The number of aromatic nitrogens is 3. The van der Waals surface area contributed by atoms with E-state index < -0.39 is 15.4 Å². The lowest BCUT2D eigenvalue weighted by molar-refractivity contribution is 0.355. The van der Waals surface area contributed by atoms with E-state index in [0.717, 1.165) is 16.4 Å². The van der Waals surface area contributed by atoms with E-state index in [1.807, 2.05) is 0 Å². The zero-order valence-corrected chi connectivity index (χ0v) is 15.8. The maximum atomic E-state index is 12.6. The molecule has 11 heteroatoms. The molecule has 1 aliphatic rings. The molecule has 9 nitrogen and oxygen atoms in total. The molecule has 1 aromatic heterocycles. The number of ether oxygens (including phenoxy) is 2. The monoisotopic (exact) mass is 398 g/mol. The highest BCUT2D eigenvalue weighted by Gasteiger charge is 2.30. The zero-order chi connectivity index (χ0) is 18.9. The first-order valence-electron chi connectivity index (χ1n) is 7.69. The maximum absolute atomic E-state index is 12.6. The van der Waals surface area contributed by atoms with Gasteiger partial charge in [-0.05, 0) is 24.6 Å². The number of rotatable bonds is 5. The highest BCUT2D eigenvalue weighted by Crippen LogP contribution is 2.31. The summed E-state index contributed by atoms with van der Waals surface area (Å²) >= 11 is 1.15. The number of hydrogen-bond acceptors (Lipinski definition) is 9. The van der Waals surface area contributed by atoms with Crippen LogP contribution in [0.3, 0.4) is 0 Å². The minimum Gasteiger partial charge on any atom is -0.493 e. The molecular formula is C15H18N4O5S2. The lowest BCUT2D eigenvalue weighted by Crippen LogP contribution is -2.32. The number of methoxy groups -OCH3 is 2. The fourth-order valence-corrected chi connectivity index (χ4v) is 6.04. The van der Waals surface area contributed by atoms with E-state index in [0.29, 0.717) is 23.5 Å². The Morgan fingerprint density at radius 1 is 1.23 bits per heavy atom. The Hall–Kier alpha value is -2.27. The standard InChI is InChI=1S/C15H18N4O5S2/c1-23-11-4-3-9(7-12(11)24-2)13-14(20)19(16)15(18-17-13)25-10-5-6-26(21,22)8-10/h3-4,7,10H,5-6,8,16H2,1-2H3. The Bertz CT molecular complexity index is 990. The summed E-state index contributed by atoms with van der Waals surface area (Å²) in [5, 5.41) is 7.99. The number of sulfone groups is 1. The molecule has 0 amide bonds. The van der Waals surface area contributed by atoms with Crippen molar-refractivity contribution in [3.05, 3.63) is 28.6 Å². The molecule has 2 N–H and O–H groups in total. The van der Waals surface area contributed by atoms with E-state index in [4.69, 9.17) is 15.3 Å². The van der Waals surface area contributed by atoms with Gasteiger partial charge in [-0.15, -0.1) is 10.2 Å². The molecule has 0 spiro atoms. The Labute approximate surface area is 154 Å². The van der Waals surface area contributed by atoms with Gasteiger partial charge in [-0.25, -0.2) is 8.42 Å². The molecule has 1 atom stereocenters. The zero-order valence-electron chi connectivity index (χ0n) is 14.2. The molecule has 1 aliphatic heterocycles. The van der Waals surface area contributed by atoms with Crippen LogP contribution in [0.1, 0.15) is 6.42 Å². The fraction of sp³-hybridized carbons (Fsp3) is 0.400. The molecule has 1 fully saturated rings. The van der Waals surface area contributed by atoms with Gasteiger partial charge in [-0.1, -0.05) is 11.8 Å². The number of thioether (sulfide) groups is 1. The van der Waals surface area contributed by atoms with Gasteiger partial charge in [-0.2, -0.15) is 4.68 Å². The molecule has 1 aromatic carbocycles. The average molecular weight is 398 g/mol. The van der Waals surface area contributed by atoms with Crippen molar-refractivity contribution in [1.29, 1.82) is 0 Å². The van der Waals surface area contributed by atoms with Crippen LogP contribution in [0.25, 0.3) is 11.3 Å². The number of nitrogens with two attached hydrogens (primary N) is 1. The van der Waals surface area contributed by atoms with Crippen molar-refractivity contribution < 1.29 is 17.9 Å². The van der Waals surface area contributed by atoms with Crippen LogP contribution in [0.5, 0.6) is 11.5 Å². The molecule has 0 saturated carbocycles. The SMILES string of the molecule is COc1ccc(-c2nnc(SC3CCS(=O)(=O)C3)n(N)c2=O)cc1OC. The van der Waals surface area contributed by atoms with E-state index >= 15 is 0 Å². The molecule has 26 heavy (non-hydrogen) atoms. The van der Waals surface area contributed by atoms with Gasteiger partial charge in [0.15, 0.2) is 27.0 Å². The van der Waals surface area contributed by atoms with Gasteiger partial charge in [0.2, 0.25) is 5.16 Å². The second-order valence-electron chi connectivity index (χ2n) is 5.72. The minimum absolute atomic E-state index is 0.0466. The summed E-state index contributed by atoms with van der Waals surface area (Å²) in [6.45, 7) is 0. The van der Waals surface area contributed by atoms with Gasteiger partial charge in [0, 0.05) is 10.8 Å². The Morgan fingerprint density at radius 2 is 1.96 bits per heavy atom. The molecule has 1 unspecified atom stereocenters. The van der Waals surface area contributed by atoms with Gasteiger partial charge < -0.3 is 15.3 Å². The topological polar surface area (TPSA) is 126 Å². The summed E-state index contributed by atoms with van der Waals surface area (Å²) < 4.78 is 34.4. The number of nitrogens with zero attached hydrogens (tertiary/aromatic N) is 3. The van der Waals surface area contributed by atoms with Gasteiger partial charge in [-0.3, -0.25) is 4.79 Å². The Balaban J connectivity index is 1.92. The minimum atomic E-state index is -3.03. The summed E-state index contributed by atoms with van der Waals surface area (Å²) in [4.78, 5) is 12.6. The third-order valence-electron chi connectivity index (χ3n) is 3.98. The van der Waals surface area contributed by atoms with E-state index in [1.54, 1.807) is 18.2 Å². The molecule has 0 bridgehead atoms.